The fourth-order valence-corrected chi connectivity index (χ4v) is 4.92. The van der Waals surface area contributed by atoms with E-state index in [-0.39, 0.29) is 22.5 Å². The van der Waals surface area contributed by atoms with E-state index in [0.29, 0.717) is 10.2 Å². The second-order valence-electron chi connectivity index (χ2n) is 6.53. The van der Waals surface area contributed by atoms with Gasteiger partial charge in [-0.05, 0) is 42.8 Å². The Morgan fingerprint density at radius 3 is 2.57 bits per heavy atom. The molecule has 0 radical (unpaired) electrons. The summed E-state index contributed by atoms with van der Waals surface area (Å²) in [6.45, 7) is 1.47. The van der Waals surface area contributed by atoms with E-state index in [1.54, 1.807) is 11.4 Å². The van der Waals surface area contributed by atoms with Gasteiger partial charge in [-0.3, -0.25) is 14.2 Å². The summed E-state index contributed by atoms with van der Waals surface area (Å²) in [4.78, 5) is 31.7. The zero-order valence-electron chi connectivity index (χ0n) is 14.9. The van der Waals surface area contributed by atoms with Crippen LogP contribution in [-0.2, 0) is 4.79 Å². The highest BCUT2D eigenvalue weighted by Crippen LogP contribution is 2.25. The highest BCUT2D eigenvalue weighted by atomic mass is 32.2. The summed E-state index contributed by atoms with van der Waals surface area (Å²) >= 11 is 2.33. The van der Waals surface area contributed by atoms with Crippen molar-refractivity contribution in [3.05, 3.63) is 51.6 Å². The standard InChI is InChI=1S/C19H17F2N3O2S2/c20-12-8-13(21)10-14(9-12)24-18(26)17-15(4-7-27-17)22-19(24)28-11-16(25)23-5-2-1-3-6-23/h4,7-10H,1-3,5-6,11H2. The Morgan fingerprint density at radius 2 is 1.86 bits per heavy atom. The van der Waals surface area contributed by atoms with Crippen LogP contribution in [0.4, 0.5) is 8.78 Å². The van der Waals surface area contributed by atoms with Gasteiger partial charge >= 0.3 is 0 Å². The van der Waals surface area contributed by atoms with Gasteiger partial charge in [-0.25, -0.2) is 13.8 Å². The fourth-order valence-electron chi connectivity index (χ4n) is 3.25. The fraction of sp³-hybridized carbons (Fsp3) is 0.316. The van der Waals surface area contributed by atoms with Gasteiger partial charge in [0.25, 0.3) is 5.56 Å². The van der Waals surface area contributed by atoms with Crippen LogP contribution in [0.3, 0.4) is 0 Å². The Morgan fingerprint density at radius 1 is 1.14 bits per heavy atom. The maximum atomic E-state index is 13.7. The molecule has 5 nitrogen and oxygen atoms in total. The van der Waals surface area contributed by atoms with Crippen LogP contribution in [0.5, 0.6) is 0 Å². The predicted octanol–water partition coefficient (Wildman–Crippen LogP) is 3.83. The minimum Gasteiger partial charge on any atom is -0.342 e. The maximum absolute atomic E-state index is 13.7. The van der Waals surface area contributed by atoms with E-state index in [0.717, 1.165) is 62.3 Å². The summed E-state index contributed by atoms with van der Waals surface area (Å²) in [5.74, 6) is -1.48. The minimum absolute atomic E-state index is 0.0265. The third-order valence-corrected chi connectivity index (χ3v) is 6.40. The Hall–Kier alpha value is -2.26. The van der Waals surface area contributed by atoms with Crippen LogP contribution in [0.2, 0.25) is 0 Å². The molecule has 0 N–H and O–H groups in total. The number of fused-ring (bicyclic) bond motifs is 1. The van der Waals surface area contributed by atoms with Crippen molar-refractivity contribution in [2.45, 2.75) is 24.4 Å². The lowest BCUT2D eigenvalue weighted by molar-refractivity contribution is -0.129. The van der Waals surface area contributed by atoms with Crippen molar-refractivity contribution < 1.29 is 13.6 Å². The Balaban J connectivity index is 1.72. The molecule has 0 atom stereocenters. The van der Waals surface area contributed by atoms with E-state index in [1.807, 2.05) is 4.90 Å². The van der Waals surface area contributed by atoms with Crippen LogP contribution in [0.15, 0.2) is 39.6 Å². The summed E-state index contributed by atoms with van der Waals surface area (Å²) in [6, 6.07) is 4.64. The van der Waals surface area contributed by atoms with Crippen molar-refractivity contribution >= 4 is 39.2 Å². The molecule has 0 saturated carbocycles. The summed E-state index contributed by atoms with van der Waals surface area (Å²) in [7, 11) is 0. The molecular weight excluding hydrogens is 404 g/mol. The number of benzene rings is 1. The lowest BCUT2D eigenvalue weighted by Gasteiger charge is -2.26. The SMILES string of the molecule is O=C(CSc1nc2ccsc2c(=O)n1-c1cc(F)cc(F)c1)N1CCCCC1. The number of thioether (sulfide) groups is 1. The number of hydrogen-bond donors (Lipinski definition) is 0. The quantitative estimate of drug-likeness (QED) is 0.475. The monoisotopic (exact) mass is 421 g/mol. The predicted molar refractivity (Wildman–Crippen MR) is 106 cm³/mol. The van der Waals surface area contributed by atoms with E-state index >= 15 is 0 Å². The van der Waals surface area contributed by atoms with Gasteiger partial charge in [0, 0.05) is 19.2 Å². The molecule has 0 unspecified atom stereocenters. The van der Waals surface area contributed by atoms with E-state index in [4.69, 9.17) is 0 Å². The molecule has 3 aromatic rings. The van der Waals surface area contributed by atoms with Gasteiger partial charge < -0.3 is 4.90 Å². The maximum Gasteiger partial charge on any atom is 0.276 e. The summed E-state index contributed by atoms with van der Waals surface area (Å²) in [5.41, 5.74) is 0.159. The number of thiophene rings is 1. The highest BCUT2D eigenvalue weighted by Gasteiger charge is 2.20. The number of amides is 1. The Kier molecular flexibility index (Phi) is 5.45. The molecule has 0 bridgehead atoms. The molecule has 3 heterocycles. The molecule has 9 heteroatoms. The Bertz CT molecular complexity index is 1070. The average molecular weight is 421 g/mol. The summed E-state index contributed by atoms with van der Waals surface area (Å²) < 4.78 is 29.1. The molecule has 1 amide bonds. The normalized spacial score (nSPS) is 14.6. The van der Waals surface area contributed by atoms with Crippen molar-refractivity contribution in [1.29, 1.82) is 0 Å². The number of piperidine rings is 1. The van der Waals surface area contributed by atoms with Crippen LogP contribution in [-0.4, -0.2) is 39.2 Å². The van der Waals surface area contributed by atoms with Gasteiger partial charge in [0.2, 0.25) is 5.91 Å². The van der Waals surface area contributed by atoms with Gasteiger partial charge in [-0.1, -0.05) is 11.8 Å². The first-order valence-electron chi connectivity index (χ1n) is 8.90. The number of hydrogen-bond acceptors (Lipinski definition) is 5. The molecule has 1 aromatic carbocycles. The van der Waals surface area contributed by atoms with Gasteiger partial charge in [0.05, 0.1) is 17.0 Å². The molecule has 28 heavy (non-hydrogen) atoms. The van der Waals surface area contributed by atoms with E-state index in [9.17, 15) is 18.4 Å². The zero-order valence-corrected chi connectivity index (χ0v) is 16.5. The third-order valence-electron chi connectivity index (χ3n) is 4.59. The van der Waals surface area contributed by atoms with E-state index in [1.165, 1.54) is 15.9 Å². The zero-order chi connectivity index (χ0) is 19.7. The topological polar surface area (TPSA) is 55.2 Å². The van der Waals surface area contributed by atoms with Crippen molar-refractivity contribution in [2.75, 3.05) is 18.8 Å². The first-order valence-corrected chi connectivity index (χ1v) is 10.8. The van der Waals surface area contributed by atoms with Gasteiger partial charge in [0.1, 0.15) is 16.3 Å². The number of nitrogens with zero attached hydrogens (tertiary/aromatic N) is 3. The summed E-state index contributed by atoms with van der Waals surface area (Å²) in [6.07, 6.45) is 3.10. The number of carbonyl (C=O) groups is 1. The largest absolute Gasteiger partial charge is 0.342 e. The molecule has 1 saturated heterocycles. The second kappa shape index (κ2) is 8.00. The van der Waals surface area contributed by atoms with Gasteiger partial charge in [-0.15, -0.1) is 11.3 Å². The smallest absolute Gasteiger partial charge is 0.276 e. The van der Waals surface area contributed by atoms with Crippen LogP contribution in [0.1, 0.15) is 19.3 Å². The molecule has 0 spiro atoms. The lowest BCUT2D eigenvalue weighted by Crippen LogP contribution is -2.36. The molecular formula is C19H17F2N3O2S2. The molecule has 2 aromatic heterocycles. The number of likely N-dealkylation sites (tertiary alicyclic amines) is 1. The summed E-state index contributed by atoms with van der Waals surface area (Å²) in [5, 5.41) is 1.98. The van der Waals surface area contributed by atoms with Crippen molar-refractivity contribution in [3.63, 3.8) is 0 Å². The van der Waals surface area contributed by atoms with Gasteiger partial charge in [-0.2, -0.15) is 0 Å². The molecule has 1 aliphatic rings. The highest BCUT2D eigenvalue weighted by molar-refractivity contribution is 7.99. The average Bonchev–Trinajstić information content (AvgIpc) is 3.15. The van der Waals surface area contributed by atoms with Crippen molar-refractivity contribution in [2.24, 2.45) is 0 Å². The van der Waals surface area contributed by atoms with Crippen LogP contribution < -0.4 is 5.56 Å². The number of rotatable bonds is 4. The van der Waals surface area contributed by atoms with Crippen LogP contribution >= 0.6 is 23.1 Å². The minimum atomic E-state index is -0.784. The molecule has 4 rings (SSSR count). The Labute approximate surface area is 168 Å². The lowest BCUT2D eigenvalue weighted by atomic mass is 10.1. The van der Waals surface area contributed by atoms with E-state index < -0.39 is 17.2 Å². The van der Waals surface area contributed by atoms with Crippen LogP contribution in [0, 0.1) is 11.6 Å². The van der Waals surface area contributed by atoms with E-state index in [2.05, 4.69) is 4.98 Å². The molecule has 1 aliphatic heterocycles. The van der Waals surface area contributed by atoms with Gasteiger partial charge in [0.15, 0.2) is 5.16 Å². The molecule has 0 aliphatic carbocycles. The first-order chi connectivity index (χ1) is 13.5. The number of carbonyl (C=O) groups excluding carboxylic acids is 1. The molecule has 146 valence electrons. The number of aromatic nitrogens is 2. The van der Waals surface area contributed by atoms with Crippen molar-refractivity contribution in [3.8, 4) is 5.69 Å². The second-order valence-corrected chi connectivity index (χ2v) is 8.39. The number of halogens is 2. The van der Waals surface area contributed by atoms with Crippen LogP contribution in [0.25, 0.3) is 15.9 Å². The first kappa shape index (κ1) is 19.1. The third kappa shape index (κ3) is 3.81. The molecule has 1 fully saturated rings. The van der Waals surface area contributed by atoms with Crippen molar-refractivity contribution in [1.82, 2.24) is 14.5 Å².